The number of nitrogens with one attached hydrogen (secondary N) is 4. The average Bonchev–Trinajstić information content (AvgIpc) is 4.10. The van der Waals surface area contributed by atoms with E-state index in [0.29, 0.717) is 25.7 Å². The maximum absolute atomic E-state index is 15.0. The third kappa shape index (κ3) is 10.2. The topological polar surface area (TPSA) is 219 Å². The molecule has 7 rings (SSSR count). The molecule has 6 amide bonds. The molecule has 1 aromatic rings. The molecule has 332 valence electrons. The Hall–Kier alpha value is -4.97. The predicted molar refractivity (Wildman–Crippen MR) is 221 cm³/mol. The fraction of sp³-hybridized carbons (Fsp3) is 0.628. The molecule has 0 aromatic heterocycles. The highest BCUT2D eigenvalue weighted by Gasteiger charge is 2.62. The van der Waals surface area contributed by atoms with Crippen molar-refractivity contribution in [3.63, 3.8) is 0 Å². The number of carbonyl (C=O) groups is 6. The lowest BCUT2D eigenvalue weighted by Crippen LogP contribution is -2.60. The Morgan fingerprint density at radius 1 is 1.03 bits per heavy atom. The SMILES string of the molecule is C=C[C@@H]1C[C@]1(NC(=O)[C@@H]1C[C@@H]2CN1C(=O)[C@H](C1CCCCC1)NC(=O)[C@@H](NC(=O)OC(C)(C)C)CCOC/C=C\c1cccc3c1CN(C3)C(=O)O2)C(=O)NS(=O)(=O)C1CC1. The Morgan fingerprint density at radius 3 is 2.48 bits per heavy atom. The van der Waals surface area contributed by atoms with E-state index in [0.717, 1.165) is 36.0 Å². The Labute approximate surface area is 356 Å². The van der Waals surface area contributed by atoms with Gasteiger partial charge in [-0.3, -0.25) is 28.8 Å². The summed E-state index contributed by atoms with van der Waals surface area (Å²) in [5.74, 6) is -3.77. The second-order valence-corrected chi connectivity index (χ2v) is 20.1. The Balaban J connectivity index is 1.20. The van der Waals surface area contributed by atoms with Crippen LogP contribution in [0.3, 0.4) is 0 Å². The molecule has 0 unspecified atom stereocenters. The number of nitrogens with zero attached hydrogens (tertiary/aromatic N) is 2. The molecule has 3 aliphatic heterocycles. The zero-order valence-electron chi connectivity index (χ0n) is 35.1. The highest BCUT2D eigenvalue weighted by Crippen LogP contribution is 2.45. The molecule has 0 radical (unpaired) electrons. The fourth-order valence-corrected chi connectivity index (χ4v) is 10.2. The first-order chi connectivity index (χ1) is 29.0. The van der Waals surface area contributed by atoms with Crippen LogP contribution in [-0.2, 0) is 56.5 Å². The molecular formula is C43H58N6O11S. The first-order valence-corrected chi connectivity index (χ1v) is 22.9. The van der Waals surface area contributed by atoms with Gasteiger partial charge in [0, 0.05) is 31.9 Å². The molecule has 4 bridgehead atoms. The van der Waals surface area contributed by atoms with Crippen molar-refractivity contribution in [3.05, 3.63) is 53.6 Å². The number of rotatable bonds is 8. The van der Waals surface area contributed by atoms with Crippen LogP contribution in [0.5, 0.6) is 0 Å². The van der Waals surface area contributed by atoms with Gasteiger partial charge in [-0.1, -0.05) is 55.7 Å². The van der Waals surface area contributed by atoms with E-state index in [1.807, 2.05) is 30.4 Å². The van der Waals surface area contributed by atoms with Crippen LogP contribution in [0.1, 0.15) is 102 Å². The number of carbonyl (C=O) groups excluding carboxylic acids is 6. The number of hydrogen-bond donors (Lipinski definition) is 4. The number of alkyl carbamates (subject to hydrolysis) is 1. The van der Waals surface area contributed by atoms with Gasteiger partial charge in [0.25, 0.3) is 5.91 Å². The average molecular weight is 867 g/mol. The van der Waals surface area contributed by atoms with Crippen LogP contribution in [0.4, 0.5) is 9.59 Å². The van der Waals surface area contributed by atoms with Crippen molar-refractivity contribution in [1.82, 2.24) is 30.5 Å². The molecule has 4 fully saturated rings. The monoisotopic (exact) mass is 866 g/mol. The number of benzene rings is 1. The molecule has 3 aliphatic carbocycles. The van der Waals surface area contributed by atoms with Gasteiger partial charge in [-0.05, 0) is 75.5 Å². The normalized spacial score (nSPS) is 29.4. The lowest BCUT2D eigenvalue weighted by atomic mass is 9.83. The van der Waals surface area contributed by atoms with Crippen molar-refractivity contribution in [2.45, 2.75) is 139 Å². The Kier molecular flexibility index (Phi) is 12.9. The molecule has 4 N–H and O–H groups in total. The molecule has 6 atom stereocenters. The van der Waals surface area contributed by atoms with Gasteiger partial charge in [-0.2, -0.15) is 0 Å². The van der Waals surface area contributed by atoms with E-state index in [1.165, 1.54) is 11.0 Å². The molecule has 1 aromatic carbocycles. The zero-order chi connectivity index (χ0) is 43.7. The second kappa shape index (κ2) is 17.8. The van der Waals surface area contributed by atoms with E-state index in [9.17, 15) is 32.4 Å². The van der Waals surface area contributed by atoms with E-state index in [2.05, 4.69) is 27.3 Å². The van der Waals surface area contributed by atoms with E-state index < -0.39 is 92.4 Å². The van der Waals surface area contributed by atoms with Gasteiger partial charge < -0.3 is 35.1 Å². The second-order valence-electron chi connectivity index (χ2n) is 18.1. The smallest absolute Gasteiger partial charge is 0.410 e. The third-order valence-corrected chi connectivity index (χ3v) is 14.2. The van der Waals surface area contributed by atoms with Crippen molar-refractivity contribution >= 4 is 51.9 Å². The lowest BCUT2D eigenvalue weighted by molar-refractivity contribution is -0.144. The minimum Gasteiger partial charge on any atom is -0.444 e. The lowest BCUT2D eigenvalue weighted by Gasteiger charge is -2.35. The van der Waals surface area contributed by atoms with Crippen LogP contribution in [0.2, 0.25) is 0 Å². The van der Waals surface area contributed by atoms with Gasteiger partial charge in [-0.15, -0.1) is 6.58 Å². The van der Waals surface area contributed by atoms with E-state index in [1.54, 1.807) is 25.7 Å². The third-order valence-electron chi connectivity index (χ3n) is 12.4. The van der Waals surface area contributed by atoms with Crippen molar-refractivity contribution in [3.8, 4) is 0 Å². The van der Waals surface area contributed by atoms with Gasteiger partial charge in [0.15, 0.2) is 0 Å². The summed E-state index contributed by atoms with van der Waals surface area (Å²) in [4.78, 5) is 87.1. The quantitative estimate of drug-likeness (QED) is 0.278. The molecule has 1 saturated heterocycles. The van der Waals surface area contributed by atoms with Crippen molar-refractivity contribution in [2.24, 2.45) is 11.8 Å². The van der Waals surface area contributed by atoms with Crippen LogP contribution >= 0.6 is 0 Å². The van der Waals surface area contributed by atoms with Gasteiger partial charge in [0.05, 0.1) is 24.9 Å². The maximum atomic E-state index is 15.0. The van der Waals surface area contributed by atoms with Gasteiger partial charge in [0.1, 0.15) is 35.4 Å². The Bertz CT molecular complexity index is 2060. The molecule has 17 nitrogen and oxygen atoms in total. The first kappa shape index (κ1) is 44.1. The van der Waals surface area contributed by atoms with Crippen LogP contribution in [-0.4, -0.2) is 114 Å². The standard InChI is InChI=1S/C43H58N6O11S/c1-5-29-22-43(29,39(53)47-61(56,57)31-16-17-31)46-37(51)34-21-30-24-49(34)38(52)35(27-11-7-6-8-12-27)45-36(50)33(44-40(54)60-42(2,3)4)18-20-58-19-10-15-26-13-9-14-28-23-48(25-32(26)28)41(55)59-30/h5,9-10,13-15,27,29-31,33-35H,1,6-8,11-12,16-25H2,2-4H3,(H,44,54)(H,45,50)(H,46,51)(H,47,53)/b15-10-/t29-,30-,33+,34+,35+,43-/m1/s1. The zero-order valence-corrected chi connectivity index (χ0v) is 35.9. The molecular weight excluding hydrogens is 809 g/mol. The molecule has 61 heavy (non-hydrogen) atoms. The van der Waals surface area contributed by atoms with Crippen LogP contribution < -0.4 is 20.7 Å². The number of hydrogen-bond acceptors (Lipinski definition) is 11. The summed E-state index contributed by atoms with van der Waals surface area (Å²) in [5.41, 5.74) is 0.287. The van der Waals surface area contributed by atoms with E-state index in [4.69, 9.17) is 14.2 Å². The van der Waals surface area contributed by atoms with E-state index >= 15 is 4.79 Å². The molecule has 3 heterocycles. The summed E-state index contributed by atoms with van der Waals surface area (Å²) in [6, 6.07) is 2.20. The van der Waals surface area contributed by atoms with Crippen LogP contribution in [0.25, 0.3) is 6.08 Å². The van der Waals surface area contributed by atoms with Crippen LogP contribution in [0.15, 0.2) is 36.9 Å². The fourth-order valence-electron chi connectivity index (χ4n) is 8.87. The summed E-state index contributed by atoms with van der Waals surface area (Å²) < 4.78 is 45.2. The van der Waals surface area contributed by atoms with E-state index in [-0.39, 0.29) is 58.0 Å². The largest absolute Gasteiger partial charge is 0.444 e. The number of sulfonamides is 1. The first-order valence-electron chi connectivity index (χ1n) is 21.4. The summed E-state index contributed by atoms with van der Waals surface area (Å²) in [6.07, 6.45) is 7.46. The highest BCUT2D eigenvalue weighted by molar-refractivity contribution is 7.91. The summed E-state index contributed by atoms with van der Waals surface area (Å²) >= 11 is 0. The van der Waals surface area contributed by atoms with Crippen molar-refractivity contribution < 1.29 is 51.4 Å². The van der Waals surface area contributed by atoms with Gasteiger partial charge in [-0.25, -0.2) is 18.0 Å². The predicted octanol–water partition coefficient (Wildman–Crippen LogP) is 3.17. The van der Waals surface area contributed by atoms with Gasteiger partial charge >= 0.3 is 12.2 Å². The highest BCUT2D eigenvalue weighted by atomic mass is 32.2. The minimum atomic E-state index is -3.95. The number of fused-ring (bicyclic) bond motifs is 3. The molecule has 3 saturated carbocycles. The molecule has 0 spiro atoms. The van der Waals surface area contributed by atoms with Crippen LogP contribution in [0, 0.1) is 11.8 Å². The number of amides is 6. The summed E-state index contributed by atoms with van der Waals surface area (Å²) in [6.45, 7) is 9.53. The Morgan fingerprint density at radius 2 is 1.79 bits per heavy atom. The van der Waals surface area contributed by atoms with Crippen molar-refractivity contribution in [1.29, 1.82) is 0 Å². The summed E-state index contributed by atoms with van der Waals surface area (Å²) in [5, 5.41) is 7.68. The molecule has 6 aliphatic rings. The molecule has 18 heteroatoms. The summed E-state index contributed by atoms with van der Waals surface area (Å²) in [7, 11) is -3.95. The minimum absolute atomic E-state index is 0.0536. The maximum Gasteiger partial charge on any atom is 0.410 e. The van der Waals surface area contributed by atoms with Crippen molar-refractivity contribution in [2.75, 3.05) is 19.8 Å². The number of ether oxygens (including phenoxy) is 3. The van der Waals surface area contributed by atoms with Gasteiger partial charge in [0.2, 0.25) is 27.7 Å².